The molecule has 0 aliphatic carbocycles. The summed E-state index contributed by atoms with van der Waals surface area (Å²) in [5, 5.41) is 0. The van der Waals surface area contributed by atoms with E-state index in [1.807, 2.05) is 0 Å². The van der Waals surface area contributed by atoms with Gasteiger partial charge in [0.2, 0.25) is 0 Å². The predicted octanol–water partition coefficient (Wildman–Crippen LogP) is 2.30. The number of hydrogen-bond donors (Lipinski definition) is 0. The summed E-state index contributed by atoms with van der Waals surface area (Å²) in [7, 11) is 0. The van der Waals surface area contributed by atoms with Crippen molar-refractivity contribution in [2.24, 2.45) is 0 Å². The van der Waals surface area contributed by atoms with Gasteiger partial charge in [0.25, 0.3) is 0 Å². The molecule has 0 bridgehead atoms. The van der Waals surface area contributed by atoms with Gasteiger partial charge in [-0.15, -0.1) is 0 Å². The van der Waals surface area contributed by atoms with E-state index in [0.29, 0.717) is 4.93 Å². The molecule has 0 radical (unpaired) electrons. The summed E-state index contributed by atoms with van der Waals surface area (Å²) in [5.41, 5.74) is 0. The van der Waals surface area contributed by atoms with Gasteiger partial charge in [0.15, 0.2) is 0 Å². The summed E-state index contributed by atoms with van der Waals surface area (Å²) in [6.45, 7) is 0. The molecule has 0 heterocycles. The van der Waals surface area contributed by atoms with Crippen molar-refractivity contribution in [2.45, 2.75) is 12.4 Å². The van der Waals surface area contributed by atoms with Gasteiger partial charge in [-0.3, -0.25) is 0 Å². The molecule has 0 aromatic carbocycles. The molecule has 0 fully saturated rings. The Labute approximate surface area is 81.0 Å². The van der Waals surface area contributed by atoms with Crippen LogP contribution in [-0.4, -0.2) is 24.9 Å². The molecule has 0 rings (SSSR count). The summed E-state index contributed by atoms with van der Waals surface area (Å²) in [5.74, 6) is 0. The first-order chi connectivity index (χ1) is 5.98. The van der Waals surface area contributed by atoms with E-state index in [0.717, 1.165) is 0 Å². The van der Waals surface area contributed by atoms with Crippen molar-refractivity contribution in [3.05, 3.63) is 0 Å². The third kappa shape index (κ3) is 3.42. The molecular formula is C5H3F6IO2. The summed E-state index contributed by atoms with van der Waals surface area (Å²) in [6.07, 6.45) is -10.7. The Morgan fingerprint density at radius 2 is 1.07 bits per heavy atom. The van der Waals surface area contributed by atoms with Gasteiger partial charge < -0.3 is 0 Å². The van der Waals surface area contributed by atoms with Crippen LogP contribution in [0.3, 0.4) is 0 Å². The number of hydrogen-bond acceptors (Lipinski definition) is 2. The third-order valence-electron chi connectivity index (χ3n) is 0.961. The first-order valence-corrected chi connectivity index (χ1v) is 7.11. The minimum absolute atomic E-state index is 0.426. The zero-order valence-electron chi connectivity index (χ0n) is 6.46. The van der Waals surface area contributed by atoms with Gasteiger partial charge in [-0.05, 0) is 0 Å². The summed E-state index contributed by atoms with van der Waals surface area (Å²) in [6, 6.07) is 0. The SMILES string of the molecule is CI(C(=O)C(F)(F)F)C(=O)C(F)(F)F. The predicted molar refractivity (Wildman–Crippen MR) is 42.1 cm³/mol. The molecule has 0 saturated heterocycles. The molecule has 0 aliphatic rings. The van der Waals surface area contributed by atoms with Crippen molar-refractivity contribution < 1.29 is 35.9 Å². The van der Waals surface area contributed by atoms with Crippen LogP contribution in [0.4, 0.5) is 26.3 Å². The van der Waals surface area contributed by atoms with Crippen LogP contribution < -0.4 is 0 Å². The molecular weight excluding hydrogens is 333 g/mol. The van der Waals surface area contributed by atoms with Crippen molar-refractivity contribution in [2.75, 3.05) is 4.93 Å². The van der Waals surface area contributed by atoms with Crippen molar-refractivity contribution in [1.29, 1.82) is 0 Å². The van der Waals surface area contributed by atoms with E-state index < -0.39 is 39.8 Å². The first-order valence-electron chi connectivity index (χ1n) is 2.80. The fraction of sp³-hybridized carbons (Fsp3) is 0.600. The first kappa shape index (κ1) is 13.7. The van der Waals surface area contributed by atoms with E-state index in [-0.39, 0.29) is 0 Å². The van der Waals surface area contributed by atoms with Crippen LogP contribution in [0, 0.1) is 0 Å². The van der Waals surface area contributed by atoms with Crippen LogP contribution in [0.2, 0.25) is 0 Å². The molecule has 0 spiro atoms. The molecule has 14 heavy (non-hydrogen) atoms. The Kier molecular flexibility index (Phi) is 3.93. The van der Waals surface area contributed by atoms with Crippen molar-refractivity contribution in [3.63, 3.8) is 0 Å². The minimum atomic E-state index is -5.36. The second-order valence-electron chi connectivity index (χ2n) is 2.02. The topological polar surface area (TPSA) is 34.1 Å². The van der Waals surface area contributed by atoms with Gasteiger partial charge in [0.05, 0.1) is 0 Å². The van der Waals surface area contributed by atoms with Crippen molar-refractivity contribution in [1.82, 2.24) is 0 Å². The van der Waals surface area contributed by atoms with Crippen molar-refractivity contribution >= 4 is 27.4 Å². The molecule has 0 aromatic rings. The normalized spacial score (nSPS) is 13.8. The molecule has 84 valence electrons. The molecule has 9 heteroatoms. The molecule has 0 aromatic heterocycles. The average molecular weight is 336 g/mol. The molecule has 0 unspecified atom stereocenters. The second-order valence-corrected chi connectivity index (χ2v) is 6.67. The number of carbonyl (C=O) groups is 2. The quantitative estimate of drug-likeness (QED) is 0.336. The van der Waals surface area contributed by atoms with E-state index in [1.54, 1.807) is 0 Å². The summed E-state index contributed by atoms with van der Waals surface area (Å²) < 4.78 is 64.6. The maximum atomic E-state index is 11.6. The summed E-state index contributed by atoms with van der Waals surface area (Å²) >= 11 is -4.35. The van der Waals surface area contributed by atoms with E-state index in [4.69, 9.17) is 0 Å². The van der Waals surface area contributed by atoms with Crippen LogP contribution in [0.25, 0.3) is 0 Å². The molecule has 0 saturated carbocycles. The Bertz CT molecular complexity index is 228. The third-order valence-corrected chi connectivity index (χ3v) is 5.12. The zero-order chi connectivity index (χ0) is 11.7. The fourth-order valence-corrected chi connectivity index (χ4v) is 2.68. The number of halogens is 7. The number of rotatable bonds is 2. The van der Waals surface area contributed by atoms with E-state index >= 15 is 0 Å². The fourth-order valence-electron chi connectivity index (χ4n) is 0.399. The molecule has 2 nitrogen and oxygen atoms in total. The monoisotopic (exact) mass is 336 g/mol. The van der Waals surface area contributed by atoms with Crippen LogP contribution in [0.5, 0.6) is 0 Å². The van der Waals surface area contributed by atoms with Crippen LogP contribution in [-0.2, 0) is 9.59 Å². The molecule has 0 atom stereocenters. The van der Waals surface area contributed by atoms with Gasteiger partial charge in [-0.25, -0.2) is 0 Å². The number of alkyl halides is 7. The van der Waals surface area contributed by atoms with Gasteiger partial charge >= 0.3 is 80.6 Å². The maximum absolute atomic E-state index is 11.6. The Hall–Kier alpha value is -0.350. The Morgan fingerprint density at radius 3 is 1.21 bits per heavy atom. The van der Waals surface area contributed by atoms with Gasteiger partial charge in [-0.1, -0.05) is 0 Å². The van der Waals surface area contributed by atoms with Crippen LogP contribution in [0.1, 0.15) is 0 Å². The van der Waals surface area contributed by atoms with E-state index in [9.17, 15) is 35.9 Å². The summed E-state index contributed by atoms with van der Waals surface area (Å²) in [4.78, 5) is 21.0. The molecule has 0 N–H and O–H groups in total. The van der Waals surface area contributed by atoms with Gasteiger partial charge in [0.1, 0.15) is 0 Å². The molecule has 0 aliphatic heterocycles. The second kappa shape index (κ2) is 4.03. The Morgan fingerprint density at radius 1 is 0.857 bits per heavy atom. The van der Waals surface area contributed by atoms with Crippen LogP contribution >= 0.6 is 19.8 Å². The van der Waals surface area contributed by atoms with Gasteiger partial charge in [0, 0.05) is 0 Å². The Balaban J connectivity index is 4.74. The van der Waals surface area contributed by atoms with Gasteiger partial charge in [-0.2, -0.15) is 0 Å². The van der Waals surface area contributed by atoms with E-state index in [1.165, 1.54) is 0 Å². The molecule has 0 amide bonds. The van der Waals surface area contributed by atoms with E-state index in [2.05, 4.69) is 0 Å². The van der Waals surface area contributed by atoms with Crippen LogP contribution in [0.15, 0.2) is 0 Å². The average Bonchev–Trinajstić information content (AvgIpc) is 1.97. The zero-order valence-corrected chi connectivity index (χ0v) is 8.62. The number of carbonyl (C=O) groups excluding carboxylic acids is 2. The standard InChI is InChI=1S/C5H3F6IO2/c1-12(2(13)4(6,7)8)3(14)5(9,10)11/h1H3. The van der Waals surface area contributed by atoms with Crippen molar-refractivity contribution in [3.8, 4) is 0 Å².